The molecule has 0 saturated heterocycles. The molecule has 0 saturated carbocycles. The standard InChI is InChI=1S/C21H21NO4/c1-4-14-5-7-15(8-6-14)11-17-21(23)26-20(22-17)13-16-9-10-18(24-2)19(12-16)25-3/h5-12H,4,13H2,1-3H3/b17-11+. The van der Waals surface area contributed by atoms with E-state index in [1.807, 2.05) is 42.5 Å². The largest absolute Gasteiger partial charge is 0.493 e. The van der Waals surface area contributed by atoms with Crippen LogP contribution < -0.4 is 9.47 Å². The molecule has 1 aliphatic heterocycles. The Kier molecular flexibility index (Phi) is 5.37. The van der Waals surface area contributed by atoms with Crippen molar-refractivity contribution in [1.82, 2.24) is 0 Å². The van der Waals surface area contributed by atoms with E-state index in [2.05, 4.69) is 11.9 Å². The van der Waals surface area contributed by atoms with Crippen molar-refractivity contribution in [3.8, 4) is 11.5 Å². The van der Waals surface area contributed by atoms with Gasteiger partial charge in [0.25, 0.3) is 0 Å². The summed E-state index contributed by atoms with van der Waals surface area (Å²) in [5.41, 5.74) is 3.40. The molecule has 134 valence electrons. The molecule has 0 unspecified atom stereocenters. The molecule has 0 amide bonds. The molecule has 1 heterocycles. The molecule has 0 bridgehead atoms. The number of nitrogens with zero attached hydrogens (tertiary/aromatic N) is 1. The highest BCUT2D eigenvalue weighted by Gasteiger charge is 2.23. The number of carbonyl (C=O) groups excluding carboxylic acids is 1. The lowest BCUT2D eigenvalue weighted by atomic mass is 10.1. The summed E-state index contributed by atoms with van der Waals surface area (Å²) in [5, 5.41) is 0. The molecule has 26 heavy (non-hydrogen) atoms. The number of cyclic esters (lactones) is 1. The molecule has 2 aromatic rings. The van der Waals surface area contributed by atoms with Crippen LogP contribution >= 0.6 is 0 Å². The predicted octanol–water partition coefficient (Wildman–Crippen LogP) is 3.81. The van der Waals surface area contributed by atoms with Crippen molar-refractivity contribution in [2.75, 3.05) is 14.2 Å². The van der Waals surface area contributed by atoms with Gasteiger partial charge in [-0.2, -0.15) is 0 Å². The van der Waals surface area contributed by atoms with Crippen LogP contribution in [0.4, 0.5) is 0 Å². The fourth-order valence-corrected chi connectivity index (χ4v) is 2.70. The zero-order valence-electron chi connectivity index (χ0n) is 15.1. The summed E-state index contributed by atoms with van der Waals surface area (Å²) in [6.45, 7) is 2.10. The molecule has 3 rings (SSSR count). The normalized spacial score (nSPS) is 15.0. The molecular formula is C21H21NO4. The molecular weight excluding hydrogens is 330 g/mol. The Labute approximate surface area is 152 Å². The van der Waals surface area contributed by atoms with Gasteiger partial charge in [0.05, 0.1) is 14.2 Å². The van der Waals surface area contributed by atoms with Crippen molar-refractivity contribution >= 4 is 17.9 Å². The SMILES string of the molecule is CCc1ccc(/C=C2/N=C(Cc3ccc(OC)c(OC)c3)OC2=O)cc1. The number of ether oxygens (including phenoxy) is 3. The number of carbonyl (C=O) groups is 1. The maximum Gasteiger partial charge on any atom is 0.363 e. The third-order valence-corrected chi connectivity index (χ3v) is 4.16. The van der Waals surface area contributed by atoms with E-state index in [4.69, 9.17) is 14.2 Å². The highest BCUT2D eigenvalue weighted by molar-refractivity contribution is 6.07. The van der Waals surface area contributed by atoms with Crippen molar-refractivity contribution in [3.63, 3.8) is 0 Å². The van der Waals surface area contributed by atoms with Crippen LogP contribution in [-0.4, -0.2) is 26.1 Å². The fraction of sp³-hybridized carbons (Fsp3) is 0.238. The van der Waals surface area contributed by atoms with Crippen molar-refractivity contribution in [2.45, 2.75) is 19.8 Å². The van der Waals surface area contributed by atoms with Crippen molar-refractivity contribution in [3.05, 3.63) is 64.9 Å². The number of benzene rings is 2. The smallest absolute Gasteiger partial charge is 0.363 e. The maximum absolute atomic E-state index is 12.1. The number of esters is 1. The summed E-state index contributed by atoms with van der Waals surface area (Å²) in [4.78, 5) is 16.4. The molecule has 0 radical (unpaired) electrons. The first-order valence-electron chi connectivity index (χ1n) is 8.44. The first-order valence-corrected chi connectivity index (χ1v) is 8.44. The van der Waals surface area contributed by atoms with Gasteiger partial charge in [-0.1, -0.05) is 37.3 Å². The molecule has 5 heteroatoms. The van der Waals surface area contributed by atoms with Crippen LogP contribution in [0.15, 0.2) is 53.2 Å². The minimum absolute atomic E-state index is 0.310. The second-order valence-electron chi connectivity index (χ2n) is 5.89. The van der Waals surface area contributed by atoms with E-state index < -0.39 is 5.97 Å². The van der Waals surface area contributed by atoms with Crippen LogP contribution in [-0.2, 0) is 22.4 Å². The Hall–Kier alpha value is -3.08. The van der Waals surface area contributed by atoms with Crippen LogP contribution in [0.25, 0.3) is 6.08 Å². The molecule has 0 spiro atoms. The summed E-state index contributed by atoms with van der Waals surface area (Å²) in [6.07, 6.45) is 3.12. The molecule has 0 atom stereocenters. The van der Waals surface area contributed by atoms with Crippen molar-refractivity contribution in [2.24, 2.45) is 4.99 Å². The average molecular weight is 351 g/mol. The lowest BCUT2D eigenvalue weighted by Gasteiger charge is -2.09. The second kappa shape index (κ2) is 7.87. The zero-order chi connectivity index (χ0) is 18.5. The van der Waals surface area contributed by atoms with Crippen LogP contribution in [0.5, 0.6) is 11.5 Å². The molecule has 0 aromatic heterocycles. The Bertz CT molecular complexity index is 866. The van der Waals surface area contributed by atoms with Crippen LogP contribution in [0.2, 0.25) is 0 Å². The van der Waals surface area contributed by atoms with E-state index in [1.54, 1.807) is 20.3 Å². The highest BCUT2D eigenvalue weighted by atomic mass is 16.6. The number of hydrogen-bond acceptors (Lipinski definition) is 5. The molecule has 1 aliphatic rings. The van der Waals surface area contributed by atoms with Gasteiger partial charge in [-0.15, -0.1) is 0 Å². The van der Waals surface area contributed by atoms with Crippen LogP contribution in [0.1, 0.15) is 23.6 Å². The topological polar surface area (TPSA) is 57.1 Å². The number of hydrogen-bond donors (Lipinski definition) is 0. The first-order chi connectivity index (χ1) is 12.6. The minimum Gasteiger partial charge on any atom is -0.493 e. The van der Waals surface area contributed by atoms with Gasteiger partial charge < -0.3 is 14.2 Å². The van der Waals surface area contributed by atoms with Gasteiger partial charge in [-0.25, -0.2) is 9.79 Å². The van der Waals surface area contributed by atoms with Gasteiger partial charge in [0.2, 0.25) is 5.90 Å². The lowest BCUT2D eigenvalue weighted by molar-refractivity contribution is -0.130. The minimum atomic E-state index is -0.431. The van der Waals surface area contributed by atoms with Crippen molar-refractivity contribution in [1.29, 1.82) is 0 Å². The number of methoxy groups -OCH3 is 2. The maximum atomic E-state index is 12.1. The average Bonchev–Trinajstić information content (AvgIpc) is 3.01. The summed E-state index contributed by atoms with van der Waals surface area (Å²) >= 11 is 0. The molecule has 0 N–H and O–H groups in total. The van der Waals surface area contributed by atoms with Crippen LogP contribution in [0.3, 0.4) is 0 Å². The van der Waals surface area contributed by atoms with E-state index >= 15 is 0 Å². The van der Waals surface area contributed by atoms with E-state index in [0.29, 0.717) is 29.5 Å². The number of aliphatic imine (C=N–C) groups is 1. The Balaban J connectivity index is 1.78. The number of rotatable bonds is 6. The summed E-state index contributed by atoms with van der Waals surface area (Å²) in [6, 6.07) is 13.6. The lowest BCUT2D eigenvalue weighted by Crippen LogP contribution is -2.07. The second-order valence-corrected chi connectivity index (χ2v) is 5.89. The monoisotopic (exact) mass is 351 g/mol. The molecule has 0 aliphatic carbocycles. The highest BCUT2D eigenvalue weighted by Crippen LogP contribution is 2.28. The summed E-state index contributed by atoms with van der Waals surface area (Å²) in [7, 11) is 3.17. The van der Waals surface area contributed by atoms with Crippen molar-refractivity contribution < 1.29 is 19.0 Å². The first kappa shape index (κ1) is 17.7. The van der Waals surface area contributed by atoms with Gasteiger partial charge in [-0.3, -0.25) is 0 Å². The third-order valence-electron chi connectivity index (χ3n) is 4.16. The Morgan fingerprint density at radius 2 is 1.69 bits per heavy atom. The Morgan fingerprint density at radius 1 is 1.00 bits per heavy atom. The van der Waals surface area contributed by atoms with Gasteiger partial charge in [-0.05, 0) is 41.3 Å². The molecule has 2 aromatic carbocycles. The fourth-order valence-electron chi connectivity index (χ4n) is 2.70. The van der Waals surface area contributed by atoms with E-state index in [-0.39, 0.29) is 0 Å². The van der Waals surface area contributed by atoms with E-state index in [0.717, 1.165) is 17.5 Å². The summed E-state index contributed by atoms with van der Waals surface area (Å²) < 4.78 is 15.8. The quantitative estimate of drug-likeness (QED) is 0.587. The van der Waals surface area contributed by atoms with Gasteiger partial charge in [0, 0.05) is 6.42 Å². The van der Waals surface area contributed by atoms with Gasteiger partial charge in [0.1, 0.15) is 0 Å². The number of aryl methyl sites for hydroxylation is 1. The van der Waals surface area contributed by atoms with E-state index in [1.165, 1.54) is 5.56 Å². The third kappa shape index (κ3) is 3.94. The summed E-state index contributed by atoms with van der Waals surface area (Å²) in [5.74, 6) is 1.22. The van der Waals surface area contributed by atoms with E-state index in [9.17, 15) is 4.79 Å². The van der Waals surface area contributed by atoms with Gasteiger partial charge in [0.15, 0.2) is 17.2 Å². The van der Waals surface area contributed by atoms with Gasteiger partial charge >= 0.3 is 5.97 Å². The predicted molar refractivity (Wildman–Crippen MR) is 101 cm³/mol. The van der Waals surface area contributed by atoms with Crippen LogP contribution in [0, 0.1) is 0 Å². The zero-order valence-corrected chi connectivity index (χ0v) is 15.1. The Morgan fingerprint density at radius 3 is 2.35 bits per heavy atom. The molecule has 5 nitrogen and oxygen atoms in total. The molecule has 0 fully saturated rings.